The summed E-state index contributed by atoms with van der Waals surface area (Å²) in [6, 6.07) is 9.85. The first-order valence-corrected chi connectivity index (χ1v) is 7.21. The molecule has 18 heavy (non-hydrogen) atoms. The lowest BCUT2D eigenvalue weighted by Gasteiger charge is -2.17. The third-order valence-corrected chi connectivity index (χ3v) is 3.50. The van der Waals surface area contributed by atoms with Crippen LogP contribution in [0, 0.1) is 5.92 Å². The molecule has 1 aromatic carbocycles. The maximum atomic E-state index is 10.0. The van der Waals surface area contributed by atoms with Gasteiger partial charge in [-0.15, -0.1) is 0 Å². The zero-order chi connectivity index (χ0) is 13.2. The average Bonchev–Trinajstić information content (AvgIpc) is 2.43. The lowest BCUT2D eigenvalue weighted by Crippen LogP contribution is -2.27. The van der Waals surface area contributed by atoms with E-state index >= 15 is 0 Å². The van der Waals surface area contributed by atoms with Gasteiger partial charge in [0.25, 0.3) is 0 Å². The number of nitrogens with one attached hydrogen (secondary N) is 1. The summed E-state index contributed by atoms with van der Waals surface area (Å²) in [7, 11) is 0. The number of aliphatic hydroxyl groups is 1. The maximum absolute atomic E-state index is 10.0. The van der Waals surface area contributed by atoms with Gasteiger partial charge in [0.15, 0.2) is 0 Å². The van der Waals surface area contributed by atoms with Gasteiger partial charge in [0.05, 0.1) is 6.10 Å². The van der Waals surface area contributed by atoms with Gasteiger partial charge in [-0.3, -0.25) is 0 Å². The molecule has 0 spiro atoms. The Labute approximate surface area is 111 Å². The molecule has 0 saturated heterocycles. The zero-order valence-electron chi connectivity index (χ0n) is 11.7. The second-order valence-corrected chi connectivity index (χ2v) is 5.00. The van der Waals surface area contributed by atoms with Gasteiger partial charge >= 0.3 is 0 Å². The van der Waals surface area contributed by atoms with Crippen molar-refractivity contribution in [3.8, 4) is 0 Å². The van der Waals surface area contributed by atoms with Gasteiger partial charge in [0.2, 0.25) is 0 Å². The molecule has 0 aliphatic heterocycles. The Morgan fingerprint density at radius 1 is 1.11 bits per heavy atom. The van der Waals surface area contributed by atoms with Gasteiger partial charge in [0.1, 0.15) is 0 Å². The summed E-state index contributed by atoms with van der Waals surface area (Å²) >= 11 is 0. The third kappa shape index (κ3) is 5.65. The van der Waals surface area contributed by atoms with E-state index in [1.54, 1.807) is 0 Å². The summed E-state index contributed by atoms with van der Waals surface area (Å²) < 4.78 is 0. The van der Waals surface area contributed by atoms with Crippen molar-refractivity contribution in [1.29, 1.82) is 0 Å². The molecule has 0 fully saturated rings. The fourth-order valence-electron chi connectivity index (χ4n) is 2.16. The van der Waals surface area contributed by atoms with Crippen LogP contribution >= 0.6 is 0 Å². The summed E-state index contributed by atoms with van der Waals surface area (Å²) in [6.45, 7) is 6.14. The van der Waals surface area contributed by atoms with Crippen molar-refractivity contribution in [2.24, 2.45) is 5.92 Å². The second-order valence-electron chi connectivity index (χ2n) is 5.00. The van der Waals surface area contributed by atoms with Gasteiger partial charge < -0.3 is 10.4 Å². The predicted molar refractivity (Wildman–Crippen MR) is 77.6 cm³/mol. The SMILES string of the molecule is CCCC[C@H](CC)CNC[C@H](O)c1ccccc1. The molecule has 0 aromatic heterocycles. The molecule has 0 heterocycles. The van der Waals surface area contributed by atoms with Crippen molar-refractivity contribution >= 4 is 0 Å². The van der Waals surface area contributed by atoms with Gasteiger partial charge in [0, 0.05) is 6.54 Å². The average molecular weight is 249 g/mol. The zero-order valence-corrected chi connectivity index (χ0v) is 11.7. The number of aliphatic hydroxyl groups excluding tert-OH is 1. The molecule has 1 rings (SSSR count). The largest absolute Gasteiger partial charge is 0.387 e. The molecule has 102 valence electrons. The van der Waals surface area contributed by atoms with Crippen molar-refractivity contribution in [3.05, 3.63) is 35.9 Å². The van der Waals surface area contributed by atoms with Crippen LogP contribution in [0.2, 0.25) is 0 Å². The molecule has 2 atom stereocenters. The molecule has 0 saturated carbocycles. The van der Waals surface area contributed by atoms with Crippen molar-refractivity contribution in [2.45, 2.75) is 45.6 Å². The van der Waals surface area contributed by atoms with E-state index < -0.39 is 6.10 Å². The topological polar surface area (TPSA) is 32.3 Å². The van der Waals surface area contributed by atoms with E-state index in [4.69, 9.17) is 0 Å². The Bertz CT molecular complexity index is 299. The highest BCUT2D eigenvalue weighted by molar-refractivity contribution is 5.17. The molecule has 0 bridgehead atoms. The van der Waals surface area contributed by atoms with Crippen molar-refractivity contribution in [3.63, 3.8) is 0 Å². The van der Waals surface area contributed by atoms with Crippen LogP contribution in [0.25, 0.3) is 0 Å². The molecule has 0 aliphatic carbocycles. The first-order chi connectivity index (χ1) is 8.77. The molecular weight excluding hydrogens is 222 g/mol. The first-order valence-electron chi connectivity index (χ1n) is 7.21. The van der Waals surface area contributed by atoms with Crippen LogP contribution in [0.1, 0.15) is 51.2 Å². The van der Waals surface area contributed by atoms with E-state index in [9.17, 15) is 5.11 Å². The summed E-state index contributed by atoms with van der Waals surface area (Å²) in [6.07, 6.45) is 4.69. The standard InChI is InChI=1S/C16H27NO/c1-3-5-9-14(4-2)12-17-13-16(18)15-10-7-6-8-11-15/h6-8,10-11,14,16-18H,3-5,9,12-13H2,1-2H3/t14-,16-/m0/s1. The van der Waals surface area contributed by atoms with E-state index in [-0.39, 0.29) is 0 Å². The van der Waals surface area contributed by atoms with Crippen LogP contribution in [-0.2, 0) is 0 Å². The highest BCUT2D eigenvalue weighted by Gasteiger charge is 2.09. The molecule has 0 radical (unpaired) electrons. The first kappa shape index (κ1) is 15.2. The Morgan fingerprint density at radius 2 is 1.83 bits per heavy atom. The van der Waals surface area contributed by atoms with Crippen molar-refractivity contribution < 1.29 is 5.11 Å². The molecule has 0 aliphatic rings. The van der Waals surface area contributed by atoms with Crippen molar-refractivity contribution in [1.82, 2.24) is 5.32 Å². The van der Waals surface area contributed by atoms with Gasteiger partial charge in [-0.1, -0.05) is 63.4 Å². The monoisotopic (exact) mass is 249 g/mol. The third-order valence-electron chi connectivity index (χ3n) is 3.50. The summed E-state index contributed by atoms with van der Waals surface area (Å²) in [5.41, 5.74) is 0.992. The molecule has 0 unspecified atom stereocenters. The number of hydrogen-bond donors (Lipinski definition) is 2. The van der Waals surface area contributed by atoms with E-state index in [0.29, 0.717) is 6.54 Å². The minimum atomic E-state index is -0.394. The molecule has 0 amide bonds. The highest BCUT2D eigenvalue weighted by Crippen LogP contribution is 2.13. The Kier molecular flexibility index (Phi) is 7.70. The van der Waals surface area contributed by atoms with Crippen LogP contribution in [-0.4, -0.2) is 18.2 Å². The lowest BCUT2D eigenvalue weighted by atomic mass is 9.99. The van der Waals surface area contributed by atoms with E-state index in [0.717, 1.165) is 18.0 Å². The number of hydrogen-bond acceptors (Lipinski definition) is 2. The fraction of sp³-hybridized carbons (Fsp3) is 0.625. The Morgan fingerprint density at radius 3 is 2.44 bits per heavy atom. The van der Waals surface area contributed by atoms with Gasteiger partial charge in [-0.2, -0.15) is 0 Å². The smallest absolute Gasteiger partial charge is 0.0914 e. The van der Waals surface area contributed by atoms with Crippen LogP contribution in [0.4, 0.5) is 0 Å². The molecular formula is C16H27NO. The van der Waals surface area contributed by atoms with E-state index in [2.05, 4.69) is 19.2 Å². The van der Waals surface area contributed by atoms with Crippen LogP contribution < -0.4 is 5.32 Å². The second kappa shape index (κ2) is 9.12. The van der Waals surface area contributed by atoms with Gasteiger partial charge in [-0.25, -0.2) is 0 Å². The molecule has 2 heteroatoms. The van der Waals surface area contributed by atoms with Gasteiger partial charge in [-0.05, 0) is 24.4 Å². The molecule has 1 aromatic rings. The van der Waals surface area contributed by atoms with Crippen LogP contribution in [0.15, 0.2) is 30.3 Å². The van der Waals surface area contributed by atoms with E-state index in [1.165, 1.54) is 25.7 Å². The Hall–Kier alpha value is -0.860. The summed E-state index contributed by atoms with van der Waals surface area (Å²) in [5.74, 6) is 0.743. The predicted octanol–water partition coefficient (Wildman–Crippen LogP) is 3.53. The number of rotatable bonds is 9. The van der Waals surface area contributed by atoms with Crippen molar-refractivity contribution in [2.75, 3.05) is 13.1 Å². The minimum Gasteiger partial charge on any atom is -0.387 e. The van der Waals surface area contributed by atoms with Crippen LogP contribution in [0.3, 0.4) is 0 Å². The fourth-order valence-corrected chi connectivity index (χ4v) is 2.16. The highest BCUT2D eigenvalue weighted by atomic mass is 16.3. The molecule has 2 N–H and O–H groups in total. The minimum absolute atomic E-state index is 0.394. The normalized spacial score (nSPS) is 14.4. The number of benzene rings is 1. The Balaban J connectivity index is 2.24. The summed E-state index contributed by atoms with van der Waals surface area (Å²) in [5, 5.41) is 13.4. The van der Waals surface area contributed by atoms with E-state index in [1.807, 2.05) is 30.3 Å². The number of unbranched alkanes of at least 4 members (excludes halogenated alkanes) is 1. The quantitative estimate of drug-likeness (QED) is 0.702. The maximum Gasteiger partial charge on any atom is 0.0914 e. The summed E-state index contributed by atoms with van der Waals surface area (Å²) in [4.78, 5) is 0. The van der Waals surface area contributed by atoms with Crippen LogP contribution in [0.5, 0.6) is 0 Å². The molecule has 2 nitrogen and oxygen atoms in total. The lowest BCUT2D eigenvalue weighted by molar-refractivity contribution is 0.172.